The zero-order chi connectivity index (χ0) is 22.8. The number of carbonyl (C=O) groups excluding carboxylic acids is 2. The summed E-state index contributed by atoms with van der Waals surface area (Å²) in [6.07, 6.45) is -0.416. The van der Waals surface area contributed by atoms with Gasteiger partial charge in [0.25, 0.3) is 0 Å². The highest BCUT2D eigenvalue weighted by Crippen LogP contribution is 2.38. The number of hydrogen-bond donors (Lipinski definition) is 1. The van der Waals surface area contributed by atoms with Gasteiger partial charge in [0, 0.05) is 47.5 Å². The summed E-state index contributed by atoms with van der Waals surface area (Å²) in [6, 6.07) is 2.29. The number of carbonyl (C=O) groups is 2. The molecule has 11 heteroatoms. The molecule has 3 heterocycles. The van der Waals surface area contributed by atoms with Crippen molar-refractivity contribution >= 4 is 34.4 Å². The number of halogens is 2. The third-order valence-electron chi connectivity index (χ3n) is 6.26. The zero-order valence-corrected chi connectivity index (χ0v) is 18.7. The molecular formula is C21H27F2N3O5S. The molecular weight excluding hydrogens is 444 g/mol. The average molecular weight is 472 g/mol. The summed E-state index contributed by atoms with van der Waals surface area (Å²) in [5.41, 5.74) is -0.0211. The summed E-state index contributed by atoms with van der Waals surface area (Å²) >= 11 is 0. The van der Waals surface area contributed by atoms with E-state index in [1.54, 1.807) is 11.8 Å². The normalized spacial score (nSPS) is 27.7. The van der Waals surface area contributed by atoms with Crippen LogP contribution in [0.1, 0.15) is 19.8 Å². The largest absolute Gasteiger partial charge is 0.450 e. The standard InChI is InChI=1S/C21H27F2N3O5S/c1-2-30-20(27)24-9-16-12-26(21(28)31-16)15-7-17(22)19(18(23)8-15)25-10-13-3-5-32(29)6-4-14(13)11-25/h7-8,13-14,16H,2-6,9-12H2,1H3,(H,24,27)/t13?,14?,16-,32?/m0/s1. The number of hydrogen-bond acceptors (Lipinski definition) is 6. The number of nitrogens with zero attached hydrogens (tertiary/aromatic N) is 2. The fourth-order valence-electron chi connectivity index (χ4n) is 4.67. The van der Waals surface area contributed by atoms with Crippen molar-refractivity contribution in [3.05, 3.63) is 23.8 Å². The first-order chi connectivity index (χ1) is 15.4. The van der Waals surface area contributed by atoms with Crippen LogP contribution in [0.2, 0.25) is 0 Å². The molecule has 2 unspecified atom stereocenters. The maximum atomic E-state index is 15.0. The number of amides is 2. The summed E-state index contributed by atoms with van der Waals surface area (Å²) in [5.74, 6) is 0.369. The van der Waals surface area contributed by atoms with Crippen LogP contribution < -0.4 is 15.1 Å². The van der Waals surface area contributed by atoms with Gasteiger partial charge in [0.15, 0.2) is 11.6 Å². The van der Waals surface area contributed by atoms with Crippen molar-refractivity contribution in [3.8, 4) is 0 Å². The summed E-state index contributed by atoms with van der Waals surface area (Å²) in [5, 5.41) is 2.48. The van der Waals surface area contributed by atoms with E-state index in [1.807, 2.05) is 0 Å². The second-order valence-corrected chi connectivity index (χ2v) is 10.0. The van der Waals surface area contributed by atoms with E-state index in [1.165, 1.54) is 0 Å². The molecule has 0 spiro atoms. The summed E-state index contributed by atoms with van der Waals surface area (Å²) in [4.78, 5) is 26.5. The summed E-state index contributed by atoms with van der Waals surface area (Å²) < 4.78 is 51.8. The first kappa shape index (κ1) is 22.8. The molecule has 0 bridgehead atoms. The van der Waals surface area contributed by atoms with Crippen molar-refractivity contribution in [2.24, 2.45) is 11.8 Å². The zero-order valence-electron chi connectivity index (χ0n) is 17.9. The minimum Gasteiger partial charge on any atom is -0.450 e. The Morgan fingerprint density at radius 3 is 2.41 bits per heavy atom. The average Bonchev–Trinajstić information content (AvgIpc) is 3.27. The number of fused-ring (bicyclic) bond motifs is 1. The molecule has 1 aromatic rings. The molecule has 0 radical (unpaired) electrons. The third-order valence-corrected chi connectivity index (χ3v) is 7.64. The van der Waals surface area contributed by atoms with E-state index in [4.69, 9.17) is 9.47 Å². The van der Waals surface area contributed by atoms with Crippen molar-refractivity contribution in [2.75, 3.05) is 54.1 Å². The van der Waals surface area contributed by atoms with Crippen LogP contribution in [0, 0.1) is 23.5 Å². The molecule has 0 saturated carbocycles. The number of anilines is 2. The second-order valence-electron chi connectivity index (χ2n) is 8.33. The molecule has 3 saturated heterocycles. The molecule has 3 aliphatic rings. The quantitative estimate of drug-likeness (QED) is 0.711. The maximum absolute atomic E-state index is 15.0. The number of cyclic esters (lactones) is 1. The topological polar surface area (TPSA) is 88.2 Å². The fourth-order valence-corrected chi connectivity index (χ4v) is 6.01. The molecule has 176 valence electrons. The van der Waals surface area contributed by atoms with Gasteiger partial charge >= 0.3 is 12.2 Å². The Balaban J connectivity index is 1.43. The van der Waals surface area contributed by atoms with Gasteiger partial charge < -0.3 is 19.7 Å². The minimum atomic E-state index is -0.794. The van der Waals surface area contributed by atoms with Gasteiger partial charge in [-0.2, -0.15) is 0 Å². The van der Waals surface area contributed by atoms with Gasteiger partial charge in [-0.05, 0) is 31.6 Å². The van der Waals surface area contributed by atoms with Crippen LogP contribution in [0.5, 0.6) is 0 Å². The number of rotatable bonds is 5. The minimum absolute atomic E-state index is 0.0332. The Morgan fingerprint density at radius 1 is 1.19 bits per heavy atom. The van der Waals surface area contributed by atoms with Gasteiger partial charge in [0.2, 0.25) is 0 Å². The van der Waals surface area contributed by atoms with Gasteiger partial charge in [0.05, 0.1) is 25.4 Å². The van der Waals surface area contributed by atoms with E-state index in [0.717, 1.165) is 29.9 Å². The molecule has 0 aromatic heterocycles. The van der Waals surface area contributed by atoms with Gasteiger partial charge in [-0.15, -0.1) is 0 Å². The molecule has 0 aliphatic carbocycles. The molecule has 8 nitrogen and oxygen atoms in total. The van der Waals surface area contributed by atoms with E-state index in [-0.39, 0.29) is 42.9 Å². The van der Waals surface area contributed by atoms with Gasteiger partial charge in [-0.1, -0.05) is 0 Å². The Labute approximate surface area is 187 Å². The Morgan fingerprint density at radius 2 is 1.81 bits per heavy atom. The predicted octanol–water partition coefficient (Wildman–Crippen LogP) is 2.63. The summed E-state index contributed by atoms with van der Waals surface area (Å²) in [7, 11) is -0.794. The Bertz CT molecular complexity index is 876. The third kappa shape index (κ3) is 4.82. The second kappa shape index (κ2) is 9.60. The first-order valence-corrected chi connectivity index (χ1v) is 12.3. The maximum Gasteiger partial charge on any atom is 0.414 e. The van der Waals surface area contributed by atoms with Crippen LogP contribution in [0.4, 0.5) is 29.7 Å². The Kier molecular flexibility index (Phi) is 6.82. The number of alkyl carbamates (subject to hydrolysis) is 1. The highest BCUT2D eigenvalue weighted by Gasteiger charge is 2.38. The molecule has 3 aliphatic heterocycles. The van der Waals surface area contributed by atoms with E-state index in [9.17, 15) is 13.8 Å². The fraction of sp³-hybridized carbons (Fsp3) is 0.619. The molecule has 2 amide bonds. The molecule has 32 heavy (non-hydrogen) atoms. The van der Waals surface area contributed by atoms with Crippen molar-refractivity contribution in [1.82, 2.24) is 5.32 Å². The van der Waals surface area contributed by atoms with Crippen molar-refractivity contribution in [1.29, 1.82) is 0 Å². The SMILES string of the molecule is CCOC(=O)NC[C@H]1CN(c2cc(F)c(N3CC4CCS(=O)CCC4C3)c(F)c2)C(=O)O1. The van der Waals surface area contributed by atoms with Crippen LogP contribution in [-0.4, -0.2) is 66.8 Å². The van der Waals surface area contributed by atoms with Crippen molar-refractivity contribution in [2.45, 2.75) is 25.9 Å². The van der Waals surface area contributed by atoms with E-state index in [2.05, 4.69) is 5.32 Å². The first-order valence-electron chi connectivity index (χ1n) is 10.8. The van der Waals surface area contributed by atoms with Gasteiger partial charge in [-0.3, -0.25) is 9.11 Å². The number of ether oxygens (including phenoxy) is 2. The predicted molar refractivity (Wildman–Crippen MR) is 115 cm³/mol. The number of nitrogens with one attached hydrogen (secondary N) is 1. The molecule has 3 atom stereocenters. The lowest BCUT2D eigenvalue weighted by Crippen LogP contribution is -2.35. The lowest BCUT2D eigenvalue weighted by molar-refractivity contribution is 0.127. The molecule has 3 fully saturated rings. The van der Waals surface area contributed by atoms with Crippen LogP contribution >= 0.6 is 0 Å². The lowest BCUT2D eigenvalue weighted by atomic mass is 9.92. The van der Waals surface area contributed by atoms with Crippen molar-refractivity contribution in [3.63, 3.8) is 0 Å². The van der Waals surface area contributed by atoms with Crippen LogP contribution in [0.15, 0.2) is 12.1 Å². The van der Waals surface area contributed by atoms with E-state index < -0.39 is 40.7 Å². The molecule has 1 aromatic carbocycles. The van der Waals surface area contributed by atoms with Crippen LogP contribution in [0.25, 0.3) is 0 Å². The lowest BCUT2D eigenvalue weighted by Gasteiger charge is -2.22. The molecule has 4 rings (SSSR count). The number of benzene rings is 1. The van der Waals surface area contributed by atoms with Gasteiger partial charge in [0.1, 0.15) is 11.8 Å². The highest BCUT2D eigenvalue weighted by molar-refractivity contribution is 7.84. The van der Waals surface area contributed by atoms with E-state index >= 15 is 8.78 Å². The van der Waals surface area contributed by atoms with E-state index in [0.29, 0.717) is 24.6 Å². The monoisotopic (exact) mass is 471 g/mol. The summed E-state index contributed by atoms with van der Waals surface area (Å²) in [6.45, 7) is 3.03. The Hall–Kier alpha value is -2.43. The van der Waals surface area contributed by atoms with Crippen LogP contribution in [0.3, 0.4) is 0 Å². The smallest absolute Gasteiger partial charge is 0.414 e. The van der Waals surface area contributed by atoms with Crippen LogP contribution in [-0.2, 0) is 20.3 Å². The van der Waals surface area contributed by atoms with Gasteiger partial charge in [-0.25, -0.2) is 18.4 Å². The molecule has 1 N–H and O–H groups in total. The van der Waals surface area contributed by atoms with Crippen molar-refractivity contribution < 1.29 is 32.1 Å². The highest BCUT2D eigenvalue weighted by atomic mass is 32.2.